The average Bonchev–Trinajstić information content (AvgIpc) is 2.52. The summed E-state index contributed by atoms with van der Waals surface area (Å²) in [6.07, 6.45) is -0.865. The van der Waals surface area contributed by atoms with E-state index in [1.54, 1.807) is 12.1 Å². The van der Waals surface area contributed by atoms with Gasteiger partial charge in [-0.05, 0) is 48.0 Å². The summed E-state index contributed by atoms with van der Waals surface area (Å²) in [5.41, 5.74) is 6.07. The minimum atomic E-state index is -0.865. The summed E-state index contributed by atoms with van der Waals surface area (Å²) in [5, 5.41) is 2.79. The fourth-order valence-electron chi connectivity index (χ4n) is 2.01. The first-order valence-electron chi connectivity index (χ1n) is 7.49. The third-order valence-corrected chi connectivity index (χ3v) is 3.82. The summed E-state index contributed by atoms with van der Waals surface area (Å²) >= 11 is 3.25. The molecule has 1 unspecified atom stereocenters. The first-order chi connectivity index (χ1) is 11.3. The van der Waals surface area contributed by atoms with Crippen molar-refractivity contribution in [3.05, 3.63) is 64.4 Å². The van der Waals surface area contributed by atoms with Gasteiger partial charge in [-0.25, -0.2) is 4.39 Å². The van der Waals surface area contributed by atoms with Crippen molar-refractivity contribution in [2.24, 2.45) is 5.73 Å². The minimum absolute atomic E-state index is 0.309. The quantitative estimate of drug-likeness (QED) is 0.786. The van der Waals surface area contributed by atoms with Gasteiger partial charge in [0, 0.05) is 17.6 Å². The van der Waals surface area contributed by atoms with E-state index in [4.69, 9.17) is 10.5 Å². The molecule has 0 spiro atoms. The van der Waals surface area contributed by atoms with Crippen LogP contribution in [0.4, 0.5) is 4.39 Å². The average molecular weight is 395 g/mol. The van der Waals surface area contributed by atoms with E-state index in [1.165, 1.54) is 18.2 Å². The van der Waals surface area contributed by atoms with Gasteiger partial charge in [-0.2, -0.15) is 0 Å². The molecule has 6 heteroatoms. The number of benzene rings is 2. The largest absolute Gasteiger partial charge is 0.475 e. The molecular weight excluding hydrogens is 375 g/mol. The molecule has 0 aliphatic carbocycles. The molecule has 3 N–H and O–H groups in total. The molecule has 0 heterocycles. The molecular formula is C18H20BrFN2O2. The number of amides is 1. The third-order valence-electron chi connectivity index (χ3n) is 3.20. The molecule has 4 nitrogen and oxygen atoms in total. The second kappa shape index (κ2) is 7.77. The highest BCUT2D eigenvalue weighted by Gasteiger charge is 2.25. The van der Waals surface area contributed by atoms with Crippen LogP contribution in [0, 0.1) is 5.82 Å². The summed E-state index contributed by atoms with van der Waals surface area (Å²) in [4.78, 5) is 12.6. The van der Waals surface area contributed by atoms with Crippen molar-refractivity contribution in [1.29, 1.82) is 0 Å². The number of nitrogens with two attached hydrogens (primary N) is 1. The highest BCUT2D eigenvalue weighted by atomic mass is 79.9. The van der Waals surface area contributed by atoms with Gasteiger partial charge < -0.3 is 15.8 Å². The second-order valence-electron chi connectivity index (χ2n) is 6.19. The van der Waals surface area contributed by atoms with E-state index in [2.05, 4.69) is 21.2 Å². The second-order valence-corrected chi connectivity index (χ2v) is 7.04. The van der Waals surface area contributed by atoms with Gasteiger partial charge >= 0.3 is 0 Å². The molecule has 2 aromatic carbocycles. The Balaban J connectivity index is 2.25. The maximum absolute atomic E-state index is 13.2. The number of halogens is 2. The molecule has 0 radical (unpaired) electrons. The lowest BCUT2D eigenvalue weighted by molar-refractivity contribution is -0.128. The van der Waals surface area contributed by atoms with Crippen molar-refractivity contribution in [2.75, 3.05) is 6.54 Å². The Morgan fingerprint density at radius 1 is 1.29 bits per heavy atom. The van der Waals surface area contributed by atoms with Crippen molar-refractivity contribution in [3.63, 3.8) is 0 Å². The molecule has 1 amide bonds. The Morgan fingerprint density at radius 2 is 1.96 bits per heavy atom. The fourth-order valence-corrected chi connectivity index (χ4v) is 2.45. The standard InChI is InChI=1S/C18H20BrFN2O2/c1-18(2,21)11-22-17(23)16(12-6-4-3-5-7-12)24-15-9-8-13(20)10-14(15)19/h3-10,16H,11,21H2,1-2H3,(H,22,23). The van der Waals surface area contributed by atoms with Crippen LogP contribution in [0.5, 0.6) is 5.75 Å². The molecule has 0 aliphatic heterocycles. The van der Waals surface area contributed by atoms with Gasteiger partial charge in [-0.15, -0.1) is 0 Å². The van der Waals surface area contributed by atoms with E-state index in [0.29, 0.717) is 22.3 Å². The number of carbonyl (C=O) groups excluding carboxylic acids is 1. The zero-order valence-corrected chi connectivity index (χ0v) is 15.1. The number of hydrogen-bond acceptors (Lipinski definition) is 3. The first kappa shape index (κ1) is 18.4. The molecule has 2 aromatic rings. The Morgan fingerprint density at radius 3 is 2.54 bits per heavy atom. The van der Waals surface area contributed by atoms with E-state index in [9.17, 15) is 9.18 Å². The molecule has 0 saturated carbocycles. The molecule has 24 heavy (non-hydrogen) atoms. The first-order valence-corrected chi connectivity index (χ1v) is 8.29. The minimum Gasteiger partial charge on any atom is -0.475 e. The van der Waals surface area contributed by atoms with Gasteiger partial charge in [0.15, 0.2) is 0 Å². The molecule has 2 rings (SSSR count). The number of nitrogens with one attached hydrogen (secondary N) is 1. The summed E-state index contributed by atoms with van der Waals surface area (Å²) < 4.78 is 19.5. The monoisotopic (exact) mass is 394 g/mol. The lowest BCUT2D eigenvalue weighted by Crippen LogP contribution is -2.46. The Bertz CT molecular complexity index is 702. The molecule has 0 bridgehead atoms. The summed E-state index contributed by atoms with van der Waals surface area (Å²) in [6.45, 7) is 3.95. The van der Waals surface area contributed by atoms with Crippen molar-refractivity contribution in [3.8, 4) is 5.75 Å². The van der Waals surface area contributed by atoms with E-state index in [1.807, 2.05) is 32.0 Å². The van der Waals surface area contributed by atoms with Crippen LogP contribution in [0.2, 0.25) is 0 Å². The Hall–Kier alpha value is -1.92. The molecule has 0 saturated heterocycles. The van der Waals surface area contributed by atoms with E-state index >= 15 is 0 Å². The fraction of sp³-hybridized carbons (Fsp3) is 0.278. The topological polar surface area (TPSA) is 64.3 Å². The highest BCUT2D eigenvalue weighted by Crippen LogP contribution is 2.30. The normalized spacial score (nSPS) is 12.5. The smallest absolute Gasteiger partial charge is 0.265 e. The van der Waals surface area contributed by atoms with Crippen molar-refractivity contribution < 1.29 is 13.9 Å². The zero-order valence-electron chi connectivity index (χ0n) is 13.6. The number of ether oxygens (including phenoxy) is 1. The Kier molecular flexibility index (Phi) is 5.96. The van der Waals surface area contributed by atoms with Crippen LogP contribution in [0.1, 0.15) is 25.5 Å². The van der Waals surface area contributed by atoms with Crippen LogP contribution >= 0.6 is 15.9 Å². The molecule has 0 aromatic heterocycles. The van der Waals surface area contributed by atoms with Gasteiger partial charge in [-0.1, -0.05) is 30.3 Å². The van der Waals surface area contributed by atoms with Gasteiger partial charge in [0.1, 0.15) is 11.6 Å². The molecule has 0 aliphatic rings. The van der Waals surface area contributed by atoms with Crippen molar-refractivity contribution >= 4 is 21.8 Å². The van der Waals surface area contributed by atoms with Crippen LogP contribution < -0.4 is 15.8 Å². The van der Waals surface area contributed by atoms with Gasteiger partial charge in [0.2, 0.25) is 6.10 Å². The molecule has 1 atom stereocenters. The lowest BCUT2D eigenvalue weighted by Gasteiger charge is -2.23. The maximum atomic E-state index is 13.2. The highest BCUT2D eigenvalue weighted by molar-refractivity contribution is 9.10. The summed E-state index contributed by atoms with van der Waals surface area (Å²) in [6, 6.07) is 13.2. The van der Waals surface area contributed by atoms with Crippen LogP contribution in [-0.4, -0.2) is 18.0 Å². The van der Waals surface area contributed by atoms with Gasteiger partial charge in [0.05, 0.1) is 4.47 Å². The third kappa shape index (κ3) is 5.32. The SMILES string of the molecule is CC(C)(N)CNC(=O)C(Oc1ccc(F)cc1Br)c1ccccc1. The predicted molar refractivity (Wildman–Crippen MR) is 95.2 cm³/mol. The van der Waals surface area contributed by atoms with Crippen molar-refractivity contribution in [1.82, 2.24) is 5.32 Å². The predicted octanol–water partition coefficient (Wildman–Crippen LogP) is 3.56. The summed E-state index contributed by atoms with van der Waals surface area (Å²) in [7, 11) is 0. The summed E-state index contributed by atoms with van der Waals surface area (Å²) in [5.74, 6) is -0.316. The van der Waals surface area contributed by atoms with Crippen LogP contribution in [0.3, 0.4) is 0 Å². The van der Waals surface area contributed by atoms with E-state index in [0.717, 1.165) is 0 Å². The van der Waals surface area contributed by atoms with Crippen LogP contribution in [-0.2, 0) is 4.79 Å². The van der Waals surface area contributed by atoms with Gasteiger partial charge in [-0.3, -0.25) is 4.79 Å². The Labute approximate surface area is 149 Å². The van der Waals surface area contributed by atoms with E-state index in [-0.39, 0.29) is 11.7 Å². The number of carbonyl (C=O) groups is 1. The zero-order chi connectivity index (χ0) is 17.7. The van der Waals surface area contributed by atoms with Gasteiger partial charge in [0.25, 0.3) is 5.91 Å². The van der Waals surface area contributed by atoms with Crippen LogP contribution in [0.15, 0.2) is 53.0 Å². The molecule has 0 fully saturated rings. The molecule has 128 valence electrons. The number of rotatable bonds is 6. The number of hydrogen-bond donors (Lipinski definition) is 2. The van der Waals surface area contributed by atoms with Crippen molar-refractivity contribution in [2.45, 2.75) is 25.5 Å². The van der Waals surface area contributed by atoms with Crippen LogP contribution in [0.25, 0.3) is 0 Å². The van der Waals surface area contributed by atoms with E-state index < -0.39 is 11.6 Å². The maximum Gasteiger partial charge on any atom is 0.265 e. The lowest BCUT2D eigenvalue weighted by atomic mass is 10.1.